The Hall–Kier alpha value is -1.13. The van der Waals surface area contributed by atoms with E-state index in [0.29, 0.717) is 18.9 Å². The lowest BCUT2D eigenvalue weighted by atomic mass is 10.0. The molecule has 1 saturated heterocycles. The second kappa shape index (κ2) is 11.4. The minimum absolute atomic E-state index is 0. The zero-order valence-corrected chi connectivity index (χ0v) is 15.4. The summed E-state index contributed by atoms with van der Waals surface area (Å²) < 4.78 is 13.0. The average Bonchev–Trinajstić information content (AvgIpc) is 3.07. The van der Waals surface area contributed by atoms with E-state index in [1.54, 1.807) is 12.1 Å². The molecule has 0 radical (unpaired) electrons. The summed E-state index contributed by atoms with van der Waals surface area (Å²) in [5.41, 5.74) is 0.999. The van der Waals surface area contributed by atoms with Crippen molar-refractivity contribution < 1.29 is 9.18 Å². The van der Waals surface area contributed by atoms with Crippen LogP contribution in [-0.4, -0.2) is 30.4 Å². The van der Waals surface area contributed by atoms with Crippen molar-refractivity contribution in [1.82, 2.24) is 10.2 Å². The molecular weight excluding hydrogens is 327 g/mol. The fraction of sp³-hybridized carbons (Fsp3) is 0.632. The van der Waals surface area contributed by atoms with Crippen LogP contribution in [0.2, 0.25) is 0 Å². The molecule has 1 aromatic rings. The largest absolute Gasteiger partial charge is 0.338 e. The molecule has 5 heteroatoms. The van der Waals surface area contributed by atoms with Crippen LogP contribution in [0.25, 0.3) is 0 Å². The molecule has 1 aromatic carbocycles. The predicted octanol–water partition coefficient (Wildman–Crippen LogP) is 4.16. The summed E-state index contributed by atoms with van der Waals surface area (Å²) >= 11 is 0. The lowest BCUT2D eigenvalue weighted by Crippen LogP contribution is -2.31. The summed E-state index contributed by atoms with van der Waals surface area (Å²) in [6, 6.07) is 6.48. The third-order valence-electron chi connectivity index (χ3n) is 4.60. The van der Waals surface area contributed by atoms with E-state index in [-0.39, 0.29) is 24.1 Å². The molecule has 2 rings (SSSR count). The van der Waals surface area contributed by atoms with Gasteiger partial charge in [-0.2, -0.15) is 0 Å². The van der Waals surface area contributed by atoms with Gasteiger partial charge in [-0.15, -0.1) is 12.4 Å². The molecule has 3 nitrogen and oxygen atoms in total. The normalized spacial score (nSPS) is 16.7. The maximum atomic E-state index is 13.0. The third kappa shape index (κ3) is 7.18. The van der Waals surface area contributed by atoms with Crippen LogP contribution in [0, 0.1) is 11.7 Å². The van der Waals surface area contributed by atoms with Crippen LogP contribution in [0.5, 0.6) is 0 Å². The van der Waals surface area contributed by atoms with E-state index in [2.05, 4.69) is 12.2 Å². The monoisotopic (exact) mass is 356 g/mol. The van der Waals surface area contributed by atoms with Gasteiger partial charge in [0.2, 0.25) is 5.91 Å². The summed E-state index contributed by atoms with van der Waals surface area (Å²) in [7, 11) is 0. The molecular formula is C19H30ClFN2O. The Balaban J connectivity index is 0.00000288. The van der Waals surface area contributed by atoms with Crippen LogP contribution in [0.3, 0.4) is 0 Å². The molecule has 1 heterocycles. The van der Waals surface area contributed by atoms with Crippen molar-refractivity contribution in [1.29, 1.82) is 0 Å². The van der Waals surface area contributed by atoms with E-state index in [1.807, 2.05) is 4.90 Å². The molecule has 1 aliphatic heterocycles. The molecule has 0 aliphatic carbocycles. The lowest BCUT2D eigenvalue weighted by Gasteiger charge is -2.23. The Morgan fingerprint density at radius 1 is 1.29 bits per heavy atom. The Kier molecular flexibility index (Phi) is 9.96. The summed E-state index contributed by atoms with van der Waals surface area (Å²) in [5.74, 6) is 0.644. The fourth-order valence-electron chi connectivity index (χ4n) is 3.10. The molecule has 1 N–H and O–H groups in total. The number of unbranched alkanes of at least 4 members (excludes halogenated alkanes) is 2. The van der Waals surface area contributed by atoms with Gasteiger partial charge in [-0.1, -0.05) is 31.9 Å². The molecule has 1 aliphatic rings. The zero-order valence-electron chi connectivity index (χ0n) is 14.6. The maximum absolute atomic E-state index is 13.0. The predicted molar refractivity (Wildman–Crippen MR) is 98.8 cm³/mol. The minimum atomic E-state index is -0.230. The Morgan fingerprint density at radius 3 is 2.67 bits per heavy atom. The number of halogens is 2. The van der Waals surface area contributed by atoms with Crippen molar-refractivity contribution in [3.05, 3.63) is 35.6 Å². The molecule has 0 bridgehead atoms. The first-order valence-corrected chi connectivity index (χ1v) is 8.92. The minimum Gasteiger partial charge on any atom is -0.338 e. The topological polar surface area (TPSA) is 32.3 Å². The van der Waals surface area contributed by atoms with Gasteiger partial charge in [-0.3, -0.25) is 4.79 Å². The van der Waals surface area contributed by atoms with Gasteiger partial charge < -0.3 is 10.2 Å². The molecule has 1 amide bonds. The summed E-state index contributed by atoms with van der Waals surface area (Å²) in [6.45, 7) is 5.67. The van der Waals surface area contributed by atoms with E-state index in [0.717, 1.165) is 50.9 Å². The van der Waals surface area contributed by atoms with Crippen molar-refractivity contribution in [2.75, 3.05) is 19.6 Å². The summed E-state index contributed by atoms with van der Waals surface area (Å²) in [4.78, 5) is 14.5. The van der Waals surface area contributed by atoms with Crippen LogP contribution in [0.15, 0.2) is 24.3 Å². The van der Waals surface area contributed by atoms with Crippen LogP contribution in [0.4, 0.5) is 4.39 Å². The van der Waals surface area contributed by atoms with E-state index in [4.69, 9.17) is 0 Å². The quantitative estimate of drug-likeness (QED) is 0.674. The van der Waals surface area contributed by atoms with E-state index in [1.165, 1.54) is 18.6 Å². The Labute approximate surface area is 151 Å². The van der Waals surface area contributed by atoms with Crippen molar-refractivity contribution in [2.45, 2.75) is 52.0 Å². The lowest BCUT2D eigenvalue weighted by molar-refractivity contribution is -0.132. The number of hydrogen-bond acceptors (Lipinski definition) is 2. The highest BCUT2D eigenvalue weighted by molar-refractivity contribution is 5.85. The van der Waals surface area contributed by atoms with Crippen molar-refractivity contribution in [2.24, 2.45) is 5.92 Å². The molecule has 1 unspecified atom stereocenters. The SMILES string of the molecule is CCCCCN(Cc1ccc(F)cc1)C(=O)CCC1CCNC1.Cl. The first kappa shape index (κ1) is 20.9. The van der Waals surface area contributed by atoms with Gasteiger partial charge in [0, 0.05) is 19.5 Å². The molecule has 0 aromatic heterocycles. The number of rotatable bonds is 9. The first-order valence-electron chi connectivity index (χ1n) is 8.92. The summed E-state index contributed by atoms with van der Waals surface area (Å²) in [5, 5.41) is 3.35. The highest BCUT2D eigenvalue weighted by Gasteiger charge is 2.19. The van der Waals surface area contributed by atoms with Crippen LogP contribution in [0.1, 0.15) is 51.0 Å². The third-order valence-corrected chi connectivity index (χ3v) is 4.60. The Bertz CT molecular complexity index is 475. The second-order valence-electron chi connectivity index (χ2n) is 6.55. The van der Waals surface area contributed by atoms with Crippen LogP contribution < -0.4 is 5.32 Å². The molecule has 136 valence electrons. The van der Waals surface area contributed by atoms with Gasteiger partial charge in [0.05, 0.1) is 0 Å². The molecule has 1 atom stereocenters. The van der Waals surface area contributed by atoms with Crippen molar-refractivity contribution >= 4 is 18.3 Å². The van der Waals surface area contributed by atoms with E-state index < -0.39 is 0 Å². The van der Waals surface area contributed by atoms with Crippen molar-refractivity contribution in [3.63, 3.8) is 0 Å². The smallest absolute Gasteiger partial charge is 0.222 e. The standard InChI is InChI=1S/C19H29FN2O.ClH/c1-2-3-4-13-22(15-17-5-8-18(20)9-6-17)19(23)10-7-16-11-12-21-14-16;/h5-6,8-9,16,21H,2-4,7,10-15H2,1H3;1H. The fourth-order valence-corrected chi connectivity index (χ4v) is 3.10. The molecule has 24 heavy (non-hydrogen) atoms. The first-order chi connectivity index (χ1) is 11.2. The van der Waals surface area contributed by atoms with E-state index >= 15 is 0 Å². The number of benzene rings is 1. The van der Waals surface area contributed by atoms with Crippen molar-refractivity contribution in [3.8, 4) is 0 Å². The zero-order chi connectivity index (χ0) is 16.5. The van der Waals surface area contributed by atoms with Crippen LogP contribution in [-0.2, 0) is 11.3 Å². The highest BCUT2D eigenvalue weighted by Crippen LogP contribution is 2.17. The number of nitrogens with one attached hydrogen (secondary N) is 1. The number of carbonyl (C=O) groups is 1. The number of amides is 1. The average molecular weight is 357 g/mol. The van der Waals surface area contributed by atoms with Gasteiger partial charge >= 0.3 is 0 Å². The highest BCUT2D eigenvalue weighted by atomic mass is 35.5. The molecule has 1 fully saturated rings. The van der Waals surface area contributed by atoms with Gasteiger partial charge in [0.15, 0.2) is 0 Å². The second-order valence-corrected chi connectivity index (χ2v) is 6.55. The molecule has 0 spiro atoms. The number of nitrogens with zero attached hydrogens (tertiary/aromatic N) is 1. The number of carbonyl (C=O) groups excluding carboxylic acids is 1. The molecule has 0 saturated carbocycles. The van der Waals surface area contributed by atoms with Crippen LogP contribution >= 0.6 is 12.4 Å². The van der Waals surface area contributed by atoms with Gasteiger partial charge in [-0.25, -0.2) is 4.39 Å². The Morgan fingerprint density at radius 2 is 2.04 bits per heavy atom. The van der Waals surface area contributed by atoms with Gasteiger partial charge in [0.1, 0.15) is 5.82 Å². The number of hydrogen-bond donors (Lipinski definition) is 1. The van der Waals surface area contributed by atoms with E-state index in [9.17, 15) is 9.18 Å². The summed E-state index contributed by atoms with van der Waals surface area (Å²) in [6.07, 6.45) is 6.10. The van der Waals surface area contributed by atoms with Gasteiger partial charge in [0.25, 0.3) is 0 Å². The van der Waals surface area contributed by atoms with Gasteiger partial charge in [-0.05, 0) is 56.0 Å². The maximum Gasteiger partial charge on any atom is 0.222 e.